The maximum Gasteiger partial charge on any atom is 0.319 e. The van der Waals surface area contributed by atoms with Gasteiger partial charge in [0.05, 0.1) is 6.54 Å². The molecule has 1 aromatic carbocycles. The molecule has 112 valence electrons. The summed E-state index contributed by atoms with van der Waals surface area (Å²) in [6.07, 6.45) is 0. The van der Waals surface area contributed by atoms with Crippen LogP contribution in [0.25, 0.3) is 0 Å². The summed E-state index contributed by atoms with van der Waals surface area (Å²) in [6, 6.07) is 9.47. The van der Waals surface area contributed by atoms with E-state index in [4.69, 9.17) is 5.73 Å². The van der Waals surface area contributed by atoms with Gasteiger partial charge in [-0.2, -0.15) is 0 Å². The van der Waals surface area contributed by atoms with Crippen molar-refractivity contribution < 1.29 is 4.79 Å². The Kier molecular flexibility index (Phi) is 4.98. The zero-order valence-corrected chi connectivity index (χ0v) is 13.4. The molecule has 21 heavy (non-hydrogen) atoms. The molecule has 1 unspecified atom stereocenters. The van der Waals surface area contributed by atoms with E-state index in [9.17, 15) is 4.79 Å². The minimum atomic E-state index is -0.202. The third-order valence-electron chi connectivity index (χ3n) is 3.33. The van der Waals surface area contributed by atoms with Crippen molar-refractivity contribution in [2.45, 2.75) is 33.4 Å². The van der Waals surface area contributed by atoms with Crippen molar-refractivity contribution in [3.05, 3.63) is 51.2 Å². The summed E-state index contributed by atoms with van der Waals surface area (Å²) in [5.74, 6) is 0. The number of hydrogen-bond donors (Lipinski definition) is 3. The molecule has 2 amide bonds. The molecule has 1 heterocycles. The van der Waals surface area contributed by atoms with Crippen LogP contribution in [-0.2, 0) is 6.54 Å². The van der Waals surface area contributed by atoms with E-state index in [0.717, 1.165) is 16.1 Å². The van der Waals surface area contributed by atoms with Gasteiger partial charge in [-0.05, 0) is 50.1 Å². The van der Waals surface area contributed by atoms with Crippen molar-refractivity contribution in [1.82, 2.24) is 5.32 Å². The summed E-state index contributed by atoms with van der Waals surface area (Å²) in [6.45, 7) is 6.64. The minimum absolute atomic E-state index is 0.00168. The van der Waals surface area contributed by atoms with Crippen LogP contribution in [0.1, 0.15) is 33.8 Å². The van der Waals surface area contributed by atoms with Crippen LogP contribution >= 0.6 is 11.3 Å². The molecular formula is C16H21N3OS. The number of thiophene rings is 1. The zero-order chi connectivity index (χ0) is 15.4. The third kappa shape index (κ3) is 4.31. The van der Waals surface area contributed by atoms with Crippen molar-refractivity contribution in [3.8, 4) is 0 Å². The number of rotatable bonds is 4. The lowest BCUT2D eigenvalue weighted by Crippen LogP contribution is -2.27. The molecule has 5 heteroatoms. The number of aryl methyl sites for hydroxylation is 2. The van der Waals surface area contributed by atoms with E-state index >= 15 is 0 Å². The van der Waals surface area contributed by atoms with Crippen molar-refractivity contribution in [2.24, 2.45) is 5.73 Å². The van der Waals surface area contributed by atoms with Gasteiger partial charge in [0.15, 0.2) is 0 Å². The Morgan fingerprint density at radius 1 is 1.29 bits per heavy atom. The summed E-state index contributed by atoms with van der Waals surface area (Å²) >= 11 is 1.71. The molecule has 0 spiro atoms. The normalized spacial score (nSPS) is 12.0. The number of amides is 2. The molecule has 0 saturated heterocycles. The SMILES string of the molecule is Cc1cc(CNC(=O)Nc2ccc(C(C)N)cc2)sc1C. The molecule has 4 N–H and O–H groups in total. The van der Waals surface area contributed by atoms with E-state index in [2.05, 4.69) is 30.5 Å². The fraction of sp³-hybridized carbons (Fsp3) is 0.312. The second-order valence-electron chi connectivity index (χ2n) is 5.17. The van der Waals surface area contributed by atoms with Crippen LogP contribution < -0.4 is 16.4 Å². The zero-order valence-electron chi connectivity index (χ0n) is 12.6. The second kappa shape index (κ2) is 6.74. The average molecular weight is 303 g/mol. The molecule has 1 atom stereocenters. The van der Waals surface area contributed by atoms with Gasteiger partial charge in [0.1, 0.15) is 0 Å². The van der Waals surface area contributed by atoms with Crippen LogP contribution in [-0.4, -0.2) is 6.03 Å². The lowest BCUT2D eigenvalue weighted by atomic mass is 10.1. The highest BCUT2D eigenvalue weighted by molar-refractivity contribution is 7.12. The maximum atomic E-state index is 11.9. The van der Waals surface area contributed by atoms with Crippen LogP contribution in [0.15, 0.2) is 30.3 Å². The summed E-state index contributed by atoms with van der Waals surface area (Å²) in [5.41, 5.74) is 8.87. The molecule has 0 fully saturated rings. The second-order valence-corrected chi connectivity index (χ2v) is 6.51. The van der Waals surface area contributed by atoms with Crippen LogP contribution in [0.4, 0.5) is 10.5 Å². The number of carbonyl (C=O) groups excluding carboxylic acids is 1. The minimum Gasteiger partial charge on any atom is -0.333 e. The van der Waals surface area contributed by atoms with Gasteiger partial charge in [-0.25, -0.2) is 4.79 Å². The van der Waals surface area contributed by atoms with E-state index < -0.39 is 0 Å². The van der Waals surface area contributed by atoms with Gasteiger partial charge in [0.25, 0.3) is 0 Å². The van der Waals surface area contributed by atoms with Crippen LogP contribution in [0.2, 0.25) is 0 Å². The molecule has 1 aromatic heterocycles. The van der Waals surface area contributed by atoms with Gasteiger partial charge in [0, 0.05) is 21.5 Å². The largest absolute Gasteiger partial charge is 0.333 e. The smallest absolute Gasteiger partial charge is 0.319 e. The first kappa shape index (κ1) is 15.5. The molecule has 0 bridgehead atoms. The van der Waals surface area contributed by atoms with Gasteiger partial charge in [-0.1, -0.05) is 12.1 Å². The number of benzene rings is 1. The van der Waals surface area contributed by atoms with Gasteiger partial charge in [-0.15, -0.1) is 11.3 Å². The molecule has 4 nitrogen and oxygen atoms in total. The van der Waals surface area contributed by atoms with Gasteiger partial charge in [0.2, 0.25) is 0 Å². The molecular weight excluding hydrogens is 282 g/mol. The molecule has 0 aliphatic heterocycles. The number of nitrogens with two attached hydrogens (primary N) is 1. The topological polar surface area (TPSA) is 67.2 Å². The van der Waals surface area contributed by atoms with E-state index in [1.54, 1.807) is 11.3 Å². The van der Waals surface area contributed by atoms with E-state index in [1.165, 1.54) is 10.4 Å². The number of anilines is 1. The lowest BCUT2D eigenvalue weighted by Gasteiger charge is -2.09. The maximum absolute atomic E-state index is 11.9. The van der Waals surface area contributed by atoms with Crippen LogP contribution in [0.3, 0.4) is 0 Å². The standard InChI is InChI=1S/C16H21N3OS/c1-10-8-15(21-12(10)3)9-18-16(20)19-14-6-4-13(5-7-14)11(2)17/h4-8,11H,9,17H2,1-3H3,(H2,18,19,20). The Bertz CT molecular complexity index is 597. The van der Waals surface area contributed by atoms with Gasteiger partial charge in [-0.3, -0.25) is 0 Å². The molecule has 0 radical (unpaired) electrons. The predicted molar refractivity (Wildman–Crippen MR) is 88.7 cm³/mol. The van der Waals surface area contributed by atoms with Crippen molar-refractivity contribution in [2.75, 3.05) is 5.32 Å². The monoisotopic (exact) mass is 303 g/mol. The third-order valence-corrected chi connectivity index (χ3v) is 4.49. The Balaban J connectivity index is 1.86. The number of hydrogen-bond acceptors (Lipinski definition) is 3. The Morgan fingerprint density at radius 3 is 2.48 bits per heavy atom. The summed E-state index contributed by atoms with van der Waals surface area (Å²) in [4.78, 5) is 14.3. The van der Waals surface area contributed by atoms with Gasteiger partial charge < -0.3 is 16.4 Å². The van der Waals surface area contributed by atoms with Gasteiger partial charge >= 0.3 is 6.03 Å². The number of urea groups is 1. The van der Waals surface area contributed by atoms with Crippen molar-refractivity contribution in [3.63, 3.8) is 0 Å². The Morgan fingerprint density at radius 2 is 1.95 bits per heavy atom. The van der Waals surface area contributed by atoms with E-state index in [0.29, 0.717) is 6.54 Å². The summed E-state index contributed by atoms with van der Waals surface area (Å²) in [5, 5.41) is 5.67. The average Bonchev–Trinajstić information content (AvgIpc) is 2.76. The quantitative estimate of drug-likeness (QED) is 0.806. The lowest BCUT2D eigenvalue weighted by molar-refractivity contribution is 0.252. The fourth-order valence-corrected chi connectivity index (χ4v) is 2.94. The number of nitrogens with one attached hydrogen (secondary N) is 2. The first-order chi connectivity index (χ1) is 9.95. The van der Waals surface area contributed by atoms with E-state index in [1.807, 2.05) is 31.2 Å². The van der Waals surface area contributed by atoms with Crippen molar-refractivity contribution >= 4 is 23.1 Å². The van der Waals surface area contributed by atoms with Crippen LogP contribution in [0, 0.1) is 13.8 Å². The number of carbonyl (C=O) groups is 1. The Labute approximate surface area is 129 Å². The Hall–Kier alpha value is -1.85. The molecule has 0 aliphatic rings. The highest BCUT2D eigenvalue weighted by atomic mass is 32.1. The molecule has 0 saturated carbocycles. The first-order valence-electron chi connectivity index (χ1n) is 6.92. The summed E-state index contributed by atoms with van der Waals surface area (Å²) < 4.78 is 0. The van der Waals surface area contributed by atoms with Crippen molar-refractivity contribution in [1.29, 1.82) is 0 Å². The predicted octanol–water partition coefficient (Wildman–Crippen LogP) is 3.71. The van der Waals surface area contributed by atoms with E-state index in [-0.39, 0.29) is 12.1 Å². The molecule has 0 aliphatic carbocycles. The summed E-state index contributed by atoms with van der Waals surface area (Å²) in [7, 11) is 0. The molecule has 2 aromatic rings. The first-order valence-corrected chi connectivity index (χ1v) is 7.73. The fourth-order valence-electron chi connectivity index (χ4n) is 1.95. The molecule has 2 rings (SSSR count). The highest BCUT2D eigenvalue weighted by Gasteiger charge is 2.05. The highest BCUT2D eigenvalue weighted by Crippen LogP contribution is 2.20. The van der Waals surface area contributed by atoms with Crippen LogP contribution in [0.5, 0.6) is 0 Å².